The molecule has 0 heterocycles. The first-order valence-corrected chi connectivity index (χ1v) is 8.14. The van der Waals surface area contributed by atoms with E-state index in [2.05, 4.69) is 0 Å². The minimum atomic E-state index is -0.0126. The van der Waals surface area contributed by atoms with Crippen molar-refractivity contribution in [3.05, 3.63) is 65.2 Å². The molecular weight excluding hydrogens is 272 g/mol. The van der Waals surface area contributed by atoms with Crippen molar-refractivity contribution < 1.29 is 9.90 Å². The van der Waals surface area contributed by atoms with Gasteiger partial charge in [0, 0.05) is 6.42 Å². The zero-order valence-corrected chi connectivity index (χ0v) is 12.8. The number of benzene rings is 2. The minimum Gasteiger partial charge on any atom is -0.507 e. The Labute approximate surface area is 131 Å². The van der Waals surface area contributed by atoms with Gasteiger partial charge in [-0.3, -0.25) is 4.79 Å². The fourth-order valence-corrected chi connectivity index (χ4v) is 3.41. The number of rotatable bonds is 4. The number of carbonyl (C=O) groups is 1. The number of hydrogen-bond acceptors (Lipinski definition) is 2. The molecular formula is C20H22O2. The van der Waals surface area contributed by atoms with Gasteiger partial charge in [-0.15, -0.1) is 0 Å². The average molecular weight is 294 g/mol. The lowest BCUT2D eigenvalue weighted by Gasteiger charge is -2.23. The zero-order chi connectivity index (χ0) is 15.4. The Morgan fingerprint density at radius 1 is 0.955 bits per heavy atom. The first kappa shape index (κ1) is 14.8. The Morgan fingerprint density at radius 2 is 1.68 bits per heavy atom. The third-order valence-corrected chi connectivity index (χ3v) is 4.62. The average Bonchev–Trinajstić information content (AvgIpc) is 2.56. The first-order chi connectivity index (χ1) is 10.8. The monoisotopic (exact) mass is 294 g/mol. The van der Waals surface area contributed by atoms with E-state index < -0.39 is 0 Å². The summed E-state index contributed by atoms with van der Waals surface area (Å²) < 4.78 is 0. The van der Waals surface area contributed by atoms with Gasteiger partial charge in [0.25, 0.3) is 0 Å². The topological polar surface area (TPSA) is 37.3 Å². The van der Waals surface area contributed by atoms with Gasteiger partial charge >= 0.3 is 0 Å². The molecule has 0 bridgehead atoms. The number of ketones is 1. The van der Waals surface area contributed by atoms with Crippen LogP contribution in [-0.4, -0.2) is 10.9 Å². The maximum atomic E-state index is 12.5. The number of para-hydroxylation sites is 1. The van der Waals surface area contributed by atoms with E-state index in [0.29, 0.717) is 17.9 Å². The van der Waals surface area contributed by atoms with Crippen LogP contribution in [-0.2, 0) is 6.42 Å². The lowest BCUT2D eigenvalue weighted by atomic mass is 9.82. The summed E-state index contributed by atoms with van der Waals surface area (Å²) in [6.45, 7) is 0. The summed E-state index contributed by atoms with van der Waals surface area (Å²) in [5, 5.41) is 10.6. The standard InChI is InChI=1S/C20H22O2/c21-19(14-15-8-3-1-4-9-15)18-13-7-12-17(20(18)22)16-10-5-2-6-11-16/h1,3-4,7-9,12-13,16,22H,2,5-6,10-11,14H2. The molecule has 2 nitrogen and oxygen atoms in total. The molecule has 0 atom stereocenters. The third-order valence-electron chi connectivity index (χ3n) is 4.62. The highest BCUT2D eigenvalue weighted by molar-refractivity contribution is 6.00. The second-order valence-electron chi connectivity index (χ2n) is 6.16. The Hall–Kier alpha value is -2.09. The van der Waals surface area contributed by atoms with E-state index in [1.165, 1.54) is 19.3 Å². The van der Waals surface area contributed by atoms with E-state index in [-0.39, 0.29) is 11.5 Å². The van der Waals surface area contributed by atoms with Crippen molar-refractivity contribution in [3.8, 4) is 5.75 Å². The third kappa shape index (κ3) is 3.22. The number of Topliss-reactive ketones (excluding diaryl/α,β-unsaturated/α-hetero) is 1. The molecule has 22 heavy (non-hydrogen) atoms. The molecule has 1 aliphatic carbocycles. The lowest BCUT2D eigenvalue weighted by Crippen LogP contribution is -2.08. The molecule has 0 saturated heterocycles. The molecule has 2 aromatic rings. The van der Waals surface area contributed by atoms with Crippen LogP contribution >= 0.6 is 0 Å². The predicted molar refractivity (Wildman–Crippen MR) is 88.4 cm³/mol. The van der Waals surface area contributed by atoms with Crippen LogP contribution in [0.3, 0.4) is 0 Å². The Balaban J connectivity index is 1.83. The van der Waals surface area contributed by atoms with Gasteiger partial charge in [0.2, 0.25) is 0 Å². The highest BCUT2D eigenvalue weighted by atomic mass is 16.3. The van der Waals surface area contributed by atoms with Crippen molar-refractivity contribution in [2.45, 2.75) is 44.4 Å². The van der Waals surface area contributed by atoms with Crippen molar-refractivity contribution >= 4 is 5.78 Å². The van der Waals surface area contributed by atoms with E-state index in [9.17, 15) is 9.90 Å². The zero-order valence-electron chi connectivity index (χ0n) is 12.8. The van der Waals surface area contributed by atoms with Gasteiger partial charge < -0.3 is 5.11 Å². The predicted octanol–water partition coefficient (Wildman–Crippen LogP) is 4.87. The molecule has 0 aromatic heterocycles. The quantitative estimate of drug-likeness (QED) is 0.817. The summed E-state index contributed by atoms with van der Waals surface area (Å²) >= 11 is 0. The first-order valence-electron chi connectivity index (χ1n) is 8.14. The van der Waals surface area contributed by atoms with Crippen LogP contribution in [0.5, 0.6) is 5.75 Å². The normalized spacial score (nSPS) is 15.6. The summed E-state index contributed by atoms with van der Waals surface area (Å²) in [4.78, 5) is 12.5. The van der Waals surface area contributed by atoms with Gasteiger partial charge in [0.1, 0.15) is 5.75 Å². The summed E-state index contributed by atoms with van der Waals surface area (Å²) in [5.41, 5.74) is 2.40. The molecule has 1 N–H and O–H groups in total. The second-order valence-corrected chi connectivity index (χ2v) is 6.16. The number of hydrogen-bond donors (Lipinski definition) is 1. The Kier molecular flexibility index (Phi) is 4.57. The van der Waals surface area contributed by atoms with Crippen LogP contribution in [0.15, 0.2) is 48.5 Å². The fraction of sp³-hybridized carbons (Fsp3) is 0.350. The molecule has 0 radical (unpaired) electrons. The van der Waals surface area contributed by atoms with Gasteiger partial charge in [-0.2, -0.15) is 0 Å². The van der Waals surface area contributed by atoms with Crippen molar-refractivity contribution in [1.82, 2.24) is 0 Å². The molecule has 2 heteroatoms. The summed E-state index contributed by atoms with van der Waals surface area (Å²) in [7, 11) is 0. The van der Waals surface area contributed by atoms with E-state index in [1.54, 1.807) is 6.07 Å². The van der Waals surface area contributed by atoms with Crippen molar-refractivity contribution in [1.29, 1.82) is 0 Å². The van der Waals surface area contributed by atoms with Crippen LogP contribution < -0.4 is 0 Å². The highest BCUT2D eigenvalue weighted by Crippen LogP contribution is 2.38. The maximum Gasteiger partial charge on any atom is 0.170 e. The van der Waals surface area contributed by atoms with Crippen LogP contribution in [0.25, 0.3) is 0 Å². The number of aromatic hydroxyl groups is 1. The fourth-order valence-electron chi connectivity index (χ4n) is 3.41. The maximum absolute atomic E-state index is 12.5. The molecule has 2 aromatic carbocycles. The summed E-state index contributed by atoms with van der Waals surface area (Å²) in [6.07, 6.45) is 6.28. The summed E-state index contributed by atoms with van der Waals surface area (Å²) in [5.74, 6) is 0.593. The number of phenolic OH excluding ortho intramolecular Hbond substituents is 1. The van der Waals surface area contributed by atoms with Crippen LogP contribution in [0.4, 0.5) is 0 Å². The molecule has 0 amide bonds. The summed E-state index contributed by atoms with van der Waals surface area (Å²) in [6, 6.07) is 15.3. The van der Waals surface area contributed by atoms with Gasteiger partial charge in [-0.25, -0.2) is 0 Å². The molecule has 3 rings (SSSR count). The highest BCUT2D eigenvalue weighted by Gasteiger charge is 2.22. The van der Waals surface area contributed by atoms with E-state index in [0.717, 1.165) is 24.0 Å². The molecule has 1 fully saturated rings. The van der Waals surface area contributed by atoms with Gasteiger partial charge in [-0.1, -0.05) is 61.7 Å². The molecule has 0 aliphatic heterocycles. The van der Waals surface area contributed by atoms with Crippen molar-refractivity contribution in [3.63, 3.8) is 0 Å². The number of carbonyl (C=O) groups excluding carboxylic acids is 1. The van der Waals surface area contributed by atoms with E-state index in [1.807, 2.05) is 42.5 Å². The molecule has 0 spiro atoms. The minimum absolute atomic E-state index is 0.0126. The smallest absolute Gasteiger partial charge is 0.170 e. The SMILES string of the molecule is O=C(Cc1ccccc1)c1cccc(C2CCCCC2)c1O. The van der Waals surface area contributed by atoms with Gasteiger partial charge in [-0.05, 0) is 36.0 Å². The molecule has 1 saturated carbocycles. The van der Waals surface area contributed by atoms with Gasteiger partial charge in [0.15, 0.2) is 5.78 Å². The van der Waals surface area contributed by atoms with Crippen LogP contribution in [0.1, 0.15) is 59.5 Å². The molecule has 1 aliphatic rings. The molecule has 114 valence electrons. The van der Waals surface area contributed by atoms with Crippen LogP contribution in [0, 0.1) is 0 Å². The van der Waals surface area contributed by atoms with Crippen molar-refractivity contribution in [2.24, 2.45) is 0 Å². The largest absolute Gasteiger partial charge is 0.507 e. The second kappa shape index (κ2) is 6.78. The van der Waals surface area contributed by atoms with E-state index in [4.69, 9.17) is 0 Å². The molecule has 0 unspecified atom stereocenters. The van der Waals surface area contributed by atoms with Crippen molar-refractivity contribution in [2.75, 3.05) is 0 Å². The van der Waals surface area contributed by atoms with Gasteiger partial charge in [0.05, 0.1) is 5.56 Å². The Morgan fingerprint density at radius 3 is 2.41 bits per heavy atom. The lowest BCUT2D eigenvalue weighted by molar-refractivity contribution is 0.0990. The number of phenols is 1. The Bertz CT molecular complexity index is 640. The van der Waals surface area contributed by atoms with E-state index >= 15 is 0 Å². The van der Waals surface area contributed by atoms with Crippen LogP contribution in [0.2, 0.25) is 0 Å².